The number of carbonyl (C=O) groups excluding carboxylic acids is 3. The van der Waals surface area contributed by atoms with E-state index in [-0.39, 0.29) is 11.1 Å². The first-order valence-corrected chi connectivity index (χ1v) is 9.09. The van der Waals surface area contributed by atoms with Gasteiger partial charge in [-0.3, -0.25) is 14.4 Å². The molecule has 7 heteroatoms. The molecule has 0 N–H and O–H groups in total. The molecular weight excluding hydrogens is 366 g/mol. The molecule has 6 nitrogen and oxygen atoms in total. The minimum absolute atomic E-state index is 0.305. The molecule has 1 aliphatic rings. The summed E-state index contributed by atoms with van der Waals surface area (Å²) in [4.78, 5) is 37.6. The summed E-state index contributed by atoms with van der Waals surface area (Å²) in [6.45, 7) is 3.51. The van der Waals surface area contributed by atoms with Crippen LogP contribution in [0.25, 0.3) is 6.08 Å². The minimum atomic E-state index is -0.451. The molecule has 1 fully saturated rings. The summed E-state index contributed by atoms with van der Waals surface area (Å²) in [6.07, 6.45) is 1.62. The quantitative estimate of drug-likeness (QED) is 0.437. The number of para-hydroxylation sites is 1. The molecule has 0 unspecified atom stereocenters. The highest BCUT2D eigenvalue weighted by Gasteiger charge is 2.36. The van der Waals surface area contributed by atoms with Crippen molar-refractivity contribution in [2.24, 2.45) is 0 Å². The molecule has 2 aromatic rings. The molecule has 1 aliphatic heterocycles. The van der Waals surface area contributed by atoms with Gasteiger partial charge in [-0.1, -0.05) is 24.3 Å². The maximum atomic E-state index is 12.7. The third-order valence-corrected chi connectivity index (χ3v) is 4.50. The van der Waals surface area contributed by atoms with Gasteiger partial charge in [0.1, 0.15) is 0 Å². The zero-order valence-corrected chi connectivity index (χ0v) is 15.6. The Morgan fingerprint density at radius 1 is 1.11 bits per heavy atom. The van der Waals surface area contributed by atoms with Gasteiger partial charge in [-0.15, -0.1) is 0 Å². The minimum Gasteiger partial charge on any atom is -0.490 e. The van der Waals surface area contributed by atoms with Crippen LogP contribution in [0.1, 0.15) is 19.4 Å². The first-order valence-electron chi connectivity index (χ1n) is 8.28. The maximum Gasteiger partial charge on any atom is 0.308 e. The molecule has 1 saturated heterocycles. The second-order valence-electron chi connectivity index (χ2n) is 5.59. The van der Waals surface area contributed by atoms with E-state index in [1.807, 2.05) is 13.0 Å². The average molecular weight is 383 g/mol. The Kier molecular flexibility index (Phi) is 5.61. The Morgan fingerprint density at radius 3 is 2.52 bits per heavy atom. The van der Waals surface area contributed by atoms with E-state index in [2.05, 4.69) is 0 Å². The molecule has 0 saturated carbocycles. The second-order valence-corrected chi connectivity index (χ2v) is 6.58. The van der Waals surface area contributed by atoms with Gasteiger partial charge in [0.15, 0.2) is 11.5 Å². The Labute approximate surface area is 160 Å². The number of esters is 1. The van der Waals surface area contributed by atoms with Crippen molar-refractivity contribution in [2.45, 2.75) is 13.8 Å². The molecule has 1 heterocycles. The highest BCUT2D eigenvalue weighted by Crippen LogP contribution is 2.37. The van der Waals surface area contributed by atoms with E-state index in [0.717, 1.165) is 16.7 Å². The van der Waals surface area contributed by atoms with Gasteiger partial charge in [0.05, 0.1) is 17.2 Å². The second kappa shape index (κ2) is 8.09. The lowest BCUT2D eigenvalue weighted by molar-refractivity contribution is -0.132. The number of nitrogens with zero attached hydrogens (tertiary/aromatic N) is 1. The topological polar surface area (TPSA) is 72.9 Å². The summed E-state index contributed by atoms with van der Waals surface area (Å²) in [5, 5.41) is -0.348. The molecule has 0 radical (unpaired) electrons. The summed E-state index contributed by atoms with van der Waals surface area (Å²) in [5.74, 6) is -0.131. The van der Waals surface area contributed by atoms with Crippen LogP contribution in [0.3, 0.4) is 0 Å². The van der Waals surface area contributed by atoms with E-state index >= 15 is 0 Å². The number of anilines is 1. The van der Waals surface area contributed by atoms with Crippen LogP contribution >= 0.6 is 11.8 Å². The van der Waals surface area contributed by atoms with Gasteiger partial charge in [0.25, 0.3) is 11.1 Å². The van der Waals surface area contributed by atoms with Crippen LogP contribution in [0.2, 0.25) is 0 Å². The third-order valence-electron chi connectivity index (χ3n) is 3.63. The summed E-state index contributed by atoms with van der Waals surface area (Å²) in [6, 6.07) is 13.7. The first-order chi connectivity index (χ1) is 13.0. The number of benzene rings is 2. The molecule has 3 rings (SSSR count). The molecule has 0 spiro atoms. The fourth-order valence-corrected chi connectivity index (χ4v) is 3.38. The highest BCUT2D eigenvalue weighted by molar-refractivity contribution is 8.19. The number of hydrogen-bond donors (Lipinski definition) is 0. The molecule has 0 atom stereocenters. The van der Waals surface area contributed by atoms with Gasteiger partial charge < -0.3 is 9.47 Å². The number of hydrogen-bond acceptors (Lipinski definition) is 6. The number of rotatable bonds is 5. The van der Waals surface area contributed by atoms with Crippen molar-refractivity contribution in [3.05, 3.63) is 59.0 Å². The Bertz CT molecular complexity index is 923. The van der Waals surface area contributed by atoms with E-state index < -0.39 is 5.97 Å². The predicted molar refractivity (Wildman–Crippen MR) is 104 cm³/mol. The van der Waals surface area contributed by atoms with Crippen LogP contribution in [0.15, 0.2) is 53.4 Å². The number of carbonyl (C=O) groups is 3. The SMILES string of the molecule is CCOc1cc(/C=C2/SC(=O)N(c3ccccc3)C2=O)ccc1OC(C)=O. The van der Waals surface area contributed by atoms with Gasteiger partial charge >= 0.3 is 5.97 Å². The number of ether oxygens (including phenoxy) is 2. The largest absolute Gasteiger partial charge is 0.490 e. The maximum absolute atomic E-state index is 12.7. The smallest absolute Gasteiger partial charge is 0.308 e. The van der Waals surface area contributed by atoms with Crippen molar-refractivity contribution in [1.29, 1.82) is 0 Å². The van der Waals surface area contributed by atoms with Crippen LogP contribution in [-0.2, 0) is 9.59 Å². The van der Waals surface area contributed by atoms with Crippen LogP contribution < -0.4 is 14.4 Å². The van der Waals surface area contributed by atoms with Crippen molar-refractivity contribution in [1.82, 2.24) is 0 Å². The lowest BCUT2D eigenvalue weighted by Gasteiger charge is -2.12. The summed E-state index contributed by atoms with van der Waals surface area (Å²) < 4.78 is 10.6. The van der Waals surface area contributed by atoms with Gasteiger partial charge in [0.2, 0.25) is 0 Å². The standard InChI is InChI=1S/C20H17NO5S/c1-3-25-17-11-14(9-10-16(17)26-13(2)22)12-18-19(23)21(20(24)27-18)15-7-5-4-6-8-15/h4-12H,3H2,1-2H3/b18-12+. The van der Waals surface area contributed by atoms with Crippen LogP contribution in [0, 0.1) is 0 Å². The Balaban J connectivity index is 1.90. The van der Waals surface area contributed by atoms with Gasteiger partial charge in [-0.2, -0.15) is 0 Å². The zero-order chi connectivity index (χ0) is 19.4. The molecule has 0 bridgehead atoms. The van der Waals surface area contributed by atoms with E-state index in [0.29, 0.717) is 34.3 Å². The molecule has 0 aliphatic carbocycles. The Hall–Kier alpha value is -3.06. The fraction of sp³-hybridized carbons (Fsp3) is 0.150. The van der Waals surface area contributed by atoms with Crippen molar-refractivity contribution >= 4 is 40.6 Å². The van der Waals surface area contributed by atoms with Crippen molar-refractivity contribution in [3.63, 3.8) is 0 Å². The van der Waals surface area contributed by atoms with Crippen LogP contribution in [-0.4, -0.2) is 23.7 Å². The zero-order valence-electron chi connectivity index (χ0n) is 14.8. The molecule has 2 amide bonds. The predicted octanol–water partition coefficient (Wildman–Crippen LogP) is 4.25. The number of thioether (sulfide) groups is 1. The van der Waals surface area contributed by atoms with E-state index in [1.54, 1.807) is 48.5 Å². The van der Waals surface area contributed by atoms with Crippen LogP contribution in [0.4, 0.5) is 10.5 Å². The third kappa shape index (κ3) is 4.20. The van der Waals surface area contributed by atoms with E-state index in [4.69, 9.17) is 9.47 Å². The van der Waals surface area contributed by atoms with E-state index in [9.17, 15) is 14.4 Å². The van der Waals surface area contributed by atoms with Crippen LogP contribution in [0.5, 0.6) is 11.5 Å². The van der Waals surface area contributed by atoms with Crippen molar-refractivity contribution in [2.75, 3.05) is 11.5 Å². The molecule has 2 aromatic carbocycles. The van der Waals surface area contributed by atoms with E-state index in [1.165, 1.54) is 6.92 Å². The number of imide groups is 1. The highest BCUT2D eigenvalue weighted by atomic mass is 32.2. The van der Waals surface area contributed by atoms with Crippen molar-refractivity contribution in [3.8, 4) is 11.5 Å². The van der Waals surface area contributed by atoms with Crippen molar-refractivity contribution < 1.29 is 23.9 Å². The lowest BCUT2D eigenvalue weighted by atomic mass is 10.1. The molecule has 0 aromatic heterocycles. The summed E-state index contributed by atoms with van der Waals surface area (Å²) in [7, 11) is 0. The normalized spacial score (nSPS) is 15.3. The monoisotopic (exact) mass is 383 g/mol. The molecular formula is C20H17NO5S. The molecule has 27 heavy (non-hydrogen) atoms. The number of amides is 2. The van der Waals surface area contributed by atoms with Gasteiger partial charge in [-0.05, 0) is 54.6 Å². The summed E-state index contributed by atoms with van der Waals surface area (Å²) in [5.41, 5.74) is 1.19. The lowest BCUT2D eigenvalue weighted by Crippen LogP contribution is -2.27. The molecule has 138 valence electrons. The summed E-state index contributed by atoms with van der Waals surface area (Å²) >= 11 is 0.878. The van der Waals surface area contributed by atoms with Gasteiger partial charge in [-0.25, -0.2) is 4.90 Å². The fourth-order valence-electron chi connectivity index (χ4n) is 2.54. The first kappa shape index (κ1) is 18.7. The average Bonchev–Trinajstić information content (AvgIpc) is 2.91. The Morgan fingerprint density at radius 2 is 1.85 bits per heavy atom. The van der Waals surface area contributed by atoms with Gasteiger partial charge in [0, 0.05) is 6.92 Å².